The van der Waals surface area contributed by atoms with Gasteiger partial charge in [-0.05, 0) is 18.1 Å². The minimum Gasteiger partial charge on any atom is -0.389 e. The van der Waals surface area contributed by atoms with Gasteiger partial charge in [0.15, 0.2) is 0 Å². The predicted octanol–water partition coefficient (Wildman–Crippen LogP) is 1.38. The summed E-state index contributed by atoms with van der Waals surface area (Å²) in [6.45, 7) is 3.75. The maximum Gasteiger partial charge on any atom is 0.217 e. The molecule has 1 rings (SSSR count). The van der Waals surface area contributed by atoms with Crippen LogP contribution in [0.2, 0.25) is 0 Å². The average Bonchev–Trinajstić information content (AvgIpc) is 2.15. The van der Waals surface area contributed by atoms with Gasteiger partial charge in [-0.15, -0.1) is 0 Å². The highest BCUT2D eigenvalue weighted by atomic mass is 16.3. The zero-order valence-corrected chi connectivity index (χ0v) is 8.45. The van der Waals surface area contributed by atoms with E-state index in [9.17, 15) is 9.90 Å². The molecule has 0 aliphatic heterocycles. The van der Waals surface area contributed by atoms with Gasteiger partial charge < -0.3 is 10.4 Å². The van der Waals surface area contributed by atoms with E-state index in [1.807, 2.05) is 24.3 Å². The molecule has 14 heavy (non-hydrogen) atoms. The molecule has 1 aromatic rings. The van der Waals surface area contributed by atoms with E-state index < -0.39 is 6.10 Å². The average molecular weight is 193 g/mol. The van der Waals surface area contributed by atoms with Crippen LogP contribution in [0.4, 0.5) is 0 Å². The van der Waals surface area contributed by atoms with Crippen LogP contribution in [0.25, 0.3) is 0 Å². The quantitative estimate of drug-likeness (QED) is 0.761. The third-order valence-corrected chi connectivity index (χ3v) is 2.00. The van der Waals surface area contributed by atoms with Gasteiger partial charge in [0.1, 0.15) is 0 Å². The zero-order chi connectivity index (χ0) is 10.6. The number of rotatable bonds is 3. The summed E-state index contributed by atoms with van der Waals surface area (Å²) in [6.07, 6.45) is -0.440. The van der Waals surface area contributed by atoms with Gasteiger partial charge in [-0.2, -0.15) is 0 Å². The lowest BCUT2D eigenvalue weighted by molar-refractivity contribution is -0.119. The number of benzene rings is 1. The molecule has 0 heterocycles. The summed E-state index contributed by atoms with van der Waals surface area (Å²) in [6, 6.07) is 7.53. The molecule has 0 spiro atoms. The van der Waals surface area contributed by atoms with Crippen molar-refractivity contribution in [3.63, 3.8) is 0 Å². The smallest absolute Gasteiger partial charge is 0.217 e. The Hall–Kier alpha value is -1.35. The number of carbonyl (C=O) groups is 1. The number of hydrogen-bond acceptors (Lipinski definition) is 2. The highest BCUT2D eigenvalue weighted by molar-refractivity contribution is 5.72. The second-order valence-electron chi connectivity index (χ2n) is 3.33. The van der Waals surface area contributed by atoms with E-state index in [0.29, 0.717) is 6.54 Å². The van der Waals surface area contributed by atoms with Crippen molar-refractivity contribution in [2.75, 3.05) is 0 Å². The normalized spacial score (nSPS) is 12.2. The molecular formula is C11H15NO2. The van der Waals surface area contributed by atoms with E-state index >= 15 is 0 Å². The second-order valence-corrected chi connectivity index (χ2v) is 3.33. The first kappa shape index (κ1) is 10.7. The lowest BCUT2D eigenvalue weighted by Crippen LogP contribution is -2.18. The van der Waals surface area contributed by atoms with Gasteiger partial charge in [-0.3, -0.25) is 4.79 Å². The van der Waals surface area contributed by atoms with Crippen molar-refractivity contribution in [2.45, 2.75) is 26.5 Å². The van der Waals surface area contributed by atoms with Crippen LogP contribution in [0.3, 0.4) is 0 Å². The molecule has 3 nitrogen and oxygen atoms in total. The Labute approximate surface area is 83.8 Å². The molecule has 1 atom stereocenters. The monoisotopic (exact) mass is 193 g/mol. The Morgan fingerprint density at radius 2 is 2.00 bits per heavy atom. The standard InChI is InChI=1S/C11H15NO2/c1-8(13)11-5-3-10(4-6-11)7-12-9(2)14/h3-6,8,13H,7H2,1-2H3,(H,12,14). The molecule has 0 saturated heterocycles. The first-order valence-corrected chi connectivity index (χ1v) is 4.61. The first-order chi connectivity index (χ1) is 6.59. The fraction of sp³-hybridized carbons (Fsp3) is 0.364. The summed E-state index contributed by atoms with van der Waals surface area (Å²) in [5.74, 6) is -0.0374. The fourth-order valence-electron chi connectivity index (χ4n) is 1.14. The summed E-state index contributed by atoms with van der Waals surface area (Å²) in [5, 5.41) is 12.0. The maximum absolute atomic E-state index is 10.6. The molecule has 0 fully saturated rings. The van der Waals surface area contributed by atoms with Crippen molar-refractivity contribution in [3.8, 4) is 0 Å². The van der Waals surface area contributed by atoms with Crippen LogP contribution in [-0.2, 0) is 11.3 Å². The van der Waals surface area contributed by atoms with Gasteiger partial charge in [0.05, 0.1) is 6.10 Å². The van der Waals surface area contributed by atoms with Crippen molar-refractivity contribution in [1.29, 1.82) is 0 Å². The predicted molar refractivity (Wildman–Crippen MR) is 54.6 cm³/mol. The molecule has 1 amide bonds. The van der Waals surface area contributed by atoms with Crippen LogP contribution in [0.1, 0.15) is 31.1 Å². The third-order valence-electron chi connectivity index (χ3n) is 2.00. The lowest BCUT2D eigenvalue weighted by Gasteiger charge is -2.06. The van der Waals surface area contributed by atoms with E-state index in [1.54, 1.807) is 6.92 Å². The van der Waals surface area contributed by atoms with Crippen LogP contribution in [0, 0.1) is 0 Å². The van der Waals surface area contributed by atoms with E-state index in [-0.39, 0.29) is 5.91 Å². The summed E-state index contributed by atoms with van der Waals surface area (Å²) < 4.78 is 0. The minimum atomic E-state index is -0.440. The number of amides is 1. The highest BCUT2D eigenvalue weighted by Gasteiger charge is 2.00. The van der Waals surface area contributed by atoms with E-state index in [1.165, 1.54) is 6.92 Å². The molecule has 0 radical (unpaired) electrons. The van der Waals surface area contributed by atoms with Crippen molar-refractivity contribution in [2.24, 2.45) is 0 Å². The Balaban J connectivity index is 2.59. The largest absolute Gasteiger partial charge is 0.389 e. The number of aliphatic hydroxyl groups is 1. The summed E-state index contributed by atoms with van der Waals surface area (Å²) >= 11 is 0. The van der Waals surface area contributed by atoms with Gasteiger partial charge in [0.25, 0.3) is 0 Å². The van der Waals surface area contributed by atoms with Crippen LogP contribution >= 0.6 is 0 Å². The SMILES string of the molecule is CC(=O)NCc1ccc(C(C)O)cc1. The first-order valence-electron chi connectivity index (χ1n) is 4.61. The van der Waals surface area contributed by atoms with Crippen molar-refractivity contribution >= 4 is 5.91 Å². The van der Waals surface area contributed by atoms with Crippen LogP contribution in [-0.4, -0.2) is 11.0 Å². The number of hydrogen-bond donors (Lipinski definition) is 2. The summed E-state index contributed by atoms with van der Waals surface area (Å²) in [5.41, 5.74) is 1.92. The molecule has 76 valence electrons. The van der Waals surface area contributed by atoms with Crippen molar-refractivity contribution in [3.05, 3.63) is 35.4 Å². The third kappa shape index (κ3) is 3.18. The molecule has 2 N–H and O–H groups in total. The van der Waals surface area contributed by atoms with E-state index in [0.717, 1.165) is 11.1 Å². The second kappa shape index (κ2) is 4.77. The molecule has 0 bridgehead atoms. The Morgan fingerprint density at radius 1 is 1.43 bits per heavy atom. The number of aliphatic hydroxyl groups excluding tert-OH is 1. The van der Waals surface area contributed by atoms with Crippen molar-refractivity contribution < 1.29 is 9.90 Å². The Bertz CT molecular complexity index is 304. The summed E-state index contributed by atoms with van der Waals surface area (Å²) in [4.78, 5) is 10.6. The van der Waals surface area contributed by atoms with E-state index in [2.05, 4.69) is 5.32 Å². The molecule has 0 aliphatic carbocycles. The number of nitrogens with one attached hydrogen (secondary N) is 1. The summed E-state index contributed by atoms with van der Waals surface area (Å²) in [7, 11) is 0. The van der Waals surface area contributed by atoms with Gasteiger partial charge in [-0.1, -0.05) is 24.3 Å². The van der Waals surface area contributed by atoms with Gasteiger partial charge in [0, 0.05) is 13.5 Å². The highest BCUT2D eigenvalue weighted by Crippen LogP contribution is 2.12. The molecule has 1 aromatic carbocycles. The van der Waals surface area contributed by atoms with Gasteiger partial charge in [-0.25, -0.2) is 0 Å². The molecule has 0 aromatic heterocycles. The van der Waals surface area contributed by atoms with E-state index in [4.69, 9.17) is 0 Å². The van der Waals surface area contributed by atoms with Gasteiger partial charge >= 0.3 is 0 Å². The van der Waals surface area contributed by atoms with Crippen molar-refractivity contribution in [1.82, 2.24) is 5.32 Å². The van der Waals surface area contributed by atoms with Crippen LogP contribution < -0.4 is 5.32 Å². The van der Waals surface area contributed by atoms with Crippen LogP contribution in [0.15, 0.2) is 24.3 Å². The lowest BCUT2D eigenvalue weighted by atomic mass is 10.1. The fourth-order valence-corrected chi connectivity index (χ4v) is 1.14. The van der Waals surface area contributed by atoms with Gasteiger partial charge in [0.2, 0.25) is 5.91 Å². The molecular weight excluding hydrogens is 178 g/mol. The molecule has 0 aliphatic rings. The number of carbonyl (C=O) groups excluding carboxylic acids is 1. The molecule has 3 heteroatoms. The maximum atomic E-state index is 10.6. The minimum absolute atomic E-state index is 0.0374. The molecule has 1 unspecified atom stereocenters. The topological polar surface area (TPSA) is 49.3 Å². The Morgan fingerprint density at radius 3 is 2.43 bits per heavy atom. The van der Waals surface area contributed by atoms with Crippen LogP contribution in [0.5, 0.6) is 0 Å². The molecule has 0 saturated carbocycles. The Kier molecular flexibility index (Phi) is 3.65. The zero-order valence-electron chi connectivity index (χ0n) is 8.45.